The summed E-state index contributed by atoms with van der Waals surface area (Å²) in [5.41, 5.74) is 0.742. The van der Waals surface area contributed by atoms with E-state index in [0.29, 0.717) is 0 Å². The van der Waals surface area contributed by atoms with E-state index in [9.17, 15) is 4.79 Å². The average molecular weight is 166 g/mol. The Morgan fingerprint density at radius 1 is 1.75 bits per heavy atom. The van der Waals surface area contributed by atoms with Gasteiger partial charge in [0.25, 0.3) is 0 Å². The first-order chi connectivity index (χ1) is 5.79. The Morgan fingerprint density at radius 3 is 3.08 bits per heavy atom. The van der Waals surface area contributed by atoms with Gasteiger partial charge in [-0.2, -0.15) is 0 Å². The first kappa shape index (κ1) is 7.34. The summed E-state index contributed by atoms with van der Waals surface area (Å²) in [6.07, 6.45) is 4.96. The van der Waals surface area contributed by atoms with E-state index in [1.165, 1.54) is 0 Å². The average Bonchev–Trinajstić information content (AvgIpc) is 2.61. The molecular weight excluding hydrogens is 156 g/mol. The zero-order chi connectivity index (χ0) is 8.55. The fourth-order valence-corrected chi connectivity index (χ4v) is 1.49. The van der Waals surface area contributed by atoms with Crippen LogP contribution in [0.3, 0.4) is 0 Å². The second-order valence-corrected chi connectivity index (χ2v) is 2.96. The van der Waals surface area contributed by atoms with Crippen LogP contribution in [-0.2, 0) is 9.63 Å². The van der Waals surface area contributed by atoms with Crippen LogP contribution in [0.4, 0.5) is 0 Å². The lowest BCUT2D eigenvalue weighted by molar-refractivity contribution is -0.143. The summed E-state index contributed by atoms with van der Waals surface area (Å²) in [5, 5.41) is 3.63. The molecule has 0 aromatic carbocycles. The molecule has 0 radical (unpaired) electrons. The maximum Gasteiger partial charge on any atom is 0.363 e. The molecule has 2 rings (SSSR count). The van der Waals surface area contributed by atoms with E-state index in [2.05, 4.69) is 9.99 Å². The van der Waals surface area contributed by atoms with Crippen molar-refractivity contribution in [3.63, 3.8) is 0 Å². The van der Waals surface area contributed by atoms with Gasteiger partial charge < -0.3 is 9.74 Å². The predicted octanol–water partition coefficient (Wildman–Crippen LogP) is 0.507. The van der Waals surface area contributed by atoms with Gasteiger partial charge in [-0.05, 0) is 19.5 Å². The molecule has 0 fully saturated rings. The van der Waals surface area contributed by atoms with Crippen LogP contribution in [0.2, 0.25) is 0 Å². The van der Waals surface area contributed by atoms with Crippen molar-refractivity contribution in [2.45, 2.75) is 19.4 Å². The van der Waals surface area contributed by atoms with E-state index in [0.717, 1.165) is 18.7 Å². The summed E-state index contributed by atoms with van der Waals surface area (Å²) in [7, 11) is 0. The van der Waals surface area contributed by atoms with Crippen LogP contribution in [0.1, 0.15) is 13.3 Å². The highest BCUT2D eigenvalue weighted by molar-refractivity contribution is 6.07. The second-order valence-electron chi connectivity index (χ2n) is 2.96. The number of oxime groups is 1. The second kappa shape index (κ2) is 2.62. The number of carbonyl (C=O) groups is 1. The lowest BCUT2D eigenvalue weighted by Crippen LogP contribution is -2.38. The number of hydrogen-bond donors (Lipinski definition) is 0. The number of nitrogens with zero attached hydrogens (tertiary/aromatic N) is 2. The Labute approximate surface area is 70.5 Å². The summed E-state index contributed by atoms with van der Waals surface area (Å²) >= 11 is 0. The van der Waals surface area contributed by atoms with Crippen molar-refractivity contribution in [1.29, 1.82) is 0 Å². The van der Waals surface area contributed by atoms with Gasteiger partial charge in [-0.15, -0.1) is 0 Å². The van der Waals surface area contributed by atoms with Crippen LogP contribution in [0.5, 0.6) is 0 Å². The summed E-state index contributed by atoms with van der Waals surface area (Å²) in [4.78, 5) is 17.7. The molecule has 0 aromatic rings. The summed E-state index contributed by atoms with van der Waals surface area (Å²) in [6.45, 7) is 2.69. The van der Waals surface area contributed by atoms with Crippen molar-refractivity contribution in [3.8, 4) is 0 Å². The smallest absolute Gasteiger partial charge is 0.360 e. The van der Waals surface area contributed by atoms with E-state index in [1.807, 2.05) is 24.1 Å². The lowest BCUT2D eigenvalue weighted by Gasteiger charge is -2.19. The highest BCUT2D eigenvalue weighted by atomic mass is 16.7. The number of hydrogen-bond acceptors (Lipinski definition) is 4. The van der Waals surface area contributed by atoms with E-state index in [4.69, 9.17) is 0 Å². The van der Waals surface area contributed by atoms with Gasteiger partial charge in [0, 0.05) is 6.54 Å². The fourth-order valence-electron chi connectivity index (χ4n) is 1.49. The molecule has 2 aliphatic rings. The zero-order valence-electron chi connectivity index (χ0n) is 6.86. The van der Waals surface area contributed by atoms with Crippen LogP contribution in [-0.4, -0.2) is 29.2 Å². The molecule has 4 nitrogen and oxygen atoms in total. The highest BCUT2D eigenvalue weighted by Crippen LogP contribution is 2.16. The largest absolute Gasteiger partial charge is 0.363 e. The van der Waals surface area contributed by atoms with Crippen molar-refractivity contribution >= 4 is 11.7 Å². The quantitative estimate of drug-likeness (QED) is 0.533. The molecule has 1 unspecified atom stereocenters. The van der Waals surface area contributed by atoms with Gasteiger partial charge in [0.1, 0.15) is 0 Å². The SMILES string of the molecule is CC1=NOC(=O)C1N1C=CCC1. The summed E-state index contributed by atoms with van der Waals surface area (Å²) < 4.78 is 0. The summed E-state index contributed by atoms with van der Waals surface area (Å²) in [6, 6.07) is -0.274. The van der Waals surface area contributed by atoms with Crippen LogP contribution in [0.15, 0.2) is 17.4 Å². The van der Waals surface area contributed by atoms with Crippen molar-refractivity contribution in [1.82, 2.24) is 4.90 Å². The Balaban J connectivity index is 2.16. The van der Waals surface area contributed by atoms with Gasteiger partial charge in [0.2, 0.25) is 0 Å². The highest BCUT2D eigenvalue weighted by Gasteiger charge is 2.34. The van der Waals surface area contributed by atoms with Gasteiger partial charge in [0.05, 0.1) is 5.71 Å². The molecule has 12 heavy (non-hydrogen) atoms. The fraction of sp³-hybridized carbons (Fsp3) is 0.500. The van der Waals surface area contributed by atoms with E-state index in [1.54, 1.807) is 0 Å². The Kier molecular flexibility index (Phi) is 1.60. The van der Waals surface area contributed by atoms with Crippen LogP contribution >= 0.6 is 0 Å². The standard InChI is InChI=1S/C8H10N2O2/c1-6-7(8(11)12-9-6)10-4-2-3-5-10/h2,4,7H,3,5H2,1H3. The van der Waals surface area contributed by atoms with E-state index in [-0.39, 0.29) is 12.0 Å². The third-order valence-corrected chi connectivity index (χ3v) is 2.08. The molecule has 1 atom stereocenters. The molecule has 2 heterocycles. The van der Waals surface area contributed by atoms with Crippen molar-refractivity contribution in [3.05, 3.63) is 12.3 Å². The molecule has 0 bridgehead atoms. The molecule has 2 aliphatic heterocycles. The minimum absolute atomic E-state index is 0.265. The molecule has 0 saturated heterocycles. The maximum atomic E-state index is 11.2. The van der Waals surface area contributed by atoms with Gasteiger partial charge in [-0.3, -0.25) is 0 Å². The van der Waals surface area contributed by atoms with Crippen molar-refractivity contribution in [2.24, 2.45) is 5.16 Å². The predicted molar refractivity (Wildman–Crippen MR) is 43.5 cm³/mol. The first-order valence-electron chi connectivity index (χ1n) is 3.97. The summed E-state index contributed by atoms with van der Waals surface area (Å²) in [5.74, 6) is -0.265. The minimum Gasteiger partial charge on any atom is -0.360 e. The van der Waals surface area contributed by atoms with Crippen LogP contribution < -0.4 is 0 Å². The molecule has 4 heteroatoms. The van der Waals surface area contributed by atoms with Crippen molar-refractivity contribution in [2.75, 3.05) is 6.54 Å². The number of rotatable bonds is 1. The van der Waals surface area contributed by atoms with Crippen molar-refractivity contribution < 1.29 is 9.63 Å². The van der Waals surface area contributed by atoms with Gasteiger partial charge in [-0.1, -0.05) is 11.2 Å². The first-order valence-corrected chi connectivity index (χ1v) is 3.97. The van der Waals surface area contributed by atoms with Gasteiger partial charge in [-0.25, -0.2) is 4.79 Å². The number of carbonyl (C=O) groups excluding carboxylic acids is 1. The van der Waals surface area contributed by atoms with Crippen LogP contribution in [0.25, 0.3) is 0 Å². The topological polar surface area (TPSA) is 41.9 Å². The molecular formula is C8H10N2O2. The van der Waals surface area contributed by atoms with Gasteiger partial charge in [0.15, 0.2) is 6.04 Å². The van der Waals surface area contributed by atoms with E-state index < -0.39 is 0 Å². The Bertz CT molecular complexity index is 270. The maximum absolute atomic E-state index is 11.2. The lowest BCUT2D eigenvalue weighted by atomic mass is 10.2. The molecule has 0 amide bonds. The minimum atomic E-state index is -0.274. The Morgan fingerprint density at radius 2 is 2.58 bits per heavy atom. The molecule has 0 aliphatic carbocycles. The zero-order valence-corrected chi connectivity index (χ0v) is 6.86. The molecule has 0 N–H and O–H groups in total. The van der Waals surface area contributed by atoms with Crippen LogP contribution in [0, 0.1) is 0 Å². The monoisotopic (exact) mass is 166 g/mol. The molecule has 0 spiro atoms. The molecule has 0 aromatic heterocycles. The molecule has 64 valence electrons. The third kappa shape index (κ3) is 0.995. The van der Waals surface area contributed by atoms with Gasteiger partial charge >= 0.3 is 5.97 Å². The normalized spacial score (nSPS) is 27.8. The molecule has 0 saturated carbocycles. The third-order valence-electron chi connectivity index (χ3n) is 2.08. The Hall–Kier alpha value is -1.32. The van der Waals surface area contributed by atoms with E-state index >= 15 is 0 Å².